The van der Waals surface area contributed by atoms with Gasteiger partial charge in [-0.1, -0.05) is 0 Å². The SMILES string of the molecule is Cn1c(=O)c(C(F)(F)F)cn([C@@H]2C[C@H](O)C(CO)O2)c1=O. The van der Waals surface area contributed by atoms with Crippen LogP contribution in [0.5, 0.6) is 0 Å². The molecule has 1 aromatic rings. The number of halogens is 3. The molecular weight excluding hydrogens is 297 g/mol. The molecule has 21 heavy (non-hydrogen) atoms. The molecule has 10 heteroatoms. The van der Waals surface area contributed by atoms with Crippen LogP contribution in [0, 0.1) is 0 Å². The highest BCUT2D eigenvalue weighted by atomic mass is 19.4. The molecule has 0 amide bonds. The van der Waals surface area contributed by atoms with Crippen molar-refractivity contribution in [2.24, 2.45) is 7.05 Å². The van der Waals surface area contributed by atoms with Gasteiger partial charge in [0.1, 0.15) is 17.9 Å². The minimum absolute atomic E-state index is 0.166. The van der Waals surface area contributed by atoms with Crippen molar-refractivity contribution in [2.45, 2.75) is 31.0 Å². The number of nitrogens with zero attached hydrogens (tertiary/aromatic N) is 2. The predicted octanol–water partition coefficient (Wildman–Crippen LogP) is -0.793. The Morgan fingerprint density at radius 3 is 2.52 bits per heavy atom. The van der Waals surface area contributed by atoms with Crippen LogP contribution in [0.1, 0.15) is 18.2 Å². The van der Waals surface area contributed by atoms with Gasteiger partial charge in [0.2, 0.25) is 0 Å². The molecule has 1 unspecified atom stereocenters. The van der Waals surface area contributed by atoms with Crippen LogP contribution in [0.3, 0.4) is 0 Å². The molecule has 0 spiro atoms. The molecule has 2 N–H and O–H groups in total. The highest BCUT2D eigenvalue weighted by molar-refractivity contribution is 5.10. The Kier molecular flexibility index (Phi) is 3.95. The van der Waals surface area contributed by atoms with E-state index in [0.29, 0.717) is 15.3 Å². The van der Waals surface area contributed by atoms with Crippen LogP contribution < -0.4 is 11.2 Å². The van der Waals surface area contributed by atoms with E-state index < -0.39 is 48.0 Å². The van der Waals surface area contributed by atoms with Crippen LogP contribution in [0.4, 0.5) is 13.2 Å². The summed E-state index contributed by atoms with van der Waals surface area (Å²) in [7, 11) is 0.922. The Balaban J connectivity index is 2.53. The molecule has 1 saturated heterocycles. The van der Waals surface area contributed by atoms with Gasteiger partial charge in [-0.15, -0.1) is 0 Å². The highest BCUT2D eigenvalue weighted by Gasteiger charge is 2.39. The summed E-state index contributed by atoms with van der Waals surface area (Å²) in [4.78, 5) is 23.4. The van der Waals surface area contributed by atoms with E-state index in [1.54, 1.807) is 0 Å². The quantitative estimate of drug-likeness (QED) is 0.746. The Labute approximate surface area is 115 Å². The van der Waals surface area contributed by atoms with Crippen LogP contribution in [-0.2, 0) is 18.0 Å². The highest BCUT2D eigenvalue weighted by Crippen LogP contribution is 2.30. The molecule has 0 bridgehead atoms. The third-order valence-electron chi connectivity index (χ3n) is 3.31. The number of aromatic nitrogens is 2. The molecule has 0 aliphatic carbocycles. The first-order valence-corrected chi connectivity index (χ1v) is 6.00. The lowest BCUT2D eigenvalue weighted by Crippen LogP contribution is -2.42. The smallest absolute Gasteiger partial charge is 0.394 e. The molecular formula is C11H13F3N2O5. The third kappa shape index (κ3) is 2.74. The van der Waals surface area contributed by atoms with Crippen molar-refractivity contribution in [1.82, 2.24) is 9.13 Å². The summed E-state index contributed by atoms with van der Waals surface area (Å²) in [6, 6.07) is 0. The summed E-state index contributed by atoms with van der Waals surface area (Å²) >= 11 is 0. The van der Waals surface area contributed by atoms with Gasteiger partial charge in [0.05, 0.1) is 12.7 Å². The Morgan fingerprint density at radius 2 is 2.05 bits per heavy atom. The van der Waals surface area contributed by atoms with Gasteiger partial charge in [0.15, 0.2) is 0 Å². The maximum atomic E-state index is 12.8. The summed E-state index contributed by atoms with van der Waals surface area (Å²) in [5.74, 6) is 0. The average Bonchev–Trinajstić information content (AvgIpc) is 2.75. The first-order valence-electron chi connectivity index (χ1n) is 6.00. The van der Waals surface area contributed by atoms with Crippen LogP contribution in [0.2, 0.25) is 0 Å². The Morgan fingerprint density at radius 1 is 1.43 bits per heavy atom. The molecule has 2 rings (SSSR count). The summed E-state index contributed by atoms with van der Waals surface area (Å²) in [5.41, 5.74) is -3.96. The standard InChI is InChI=1S/C11H13F3N2O5/c1-15-9(19)5(11(12,13)14)3-16(10(15)20)8-2-6(18)7(4-17)21-8/h3,6-8,17-18H,2,4H2,1H3/t6-,7?,8-/m0/s1. The minimum Gasteiger partial charge on any atom is -0.394 e. The lowest BCUT2D eigenvalue weighted by molar-refractivity contribution is -0.140. The molecule has 1 aliphatic rings. The van der Waals surface area contributed by atoms with Crippen molar-refractivity contribution in [2.75, 3.05) is 6.61 Å². The van der Waals surface area contributed by atoms with Crippen molar-refractivity contribution >= 4 is 0 Å². The molecule has 0 saturated carbocycles. The molecule has 1 fully saturated rings. The summed E-state index contributed by atoms with van der Waals surface area (Å²) < 4.78 is 44.4. The van der Waals surface area contributed by atoms with E-state index in [0.717, 1.165) is 7.05 Å². The monoisotopic (exact) mass is 310 g/mol. The number of ether oxygens (including phenoxy) is 1. The first-order chi connectivity index (χ1) is 9.66. The third-order valence-corrected chi connectivity index (χ3v) is 3.31. The van der Waals surface area contributed by atoms with Gasteiger partial charge in [0.25, 0.3) is 5.56 Å². The molecule has 118 valence electrons. The lowest BCUT2D eigenvalue weighted by Gasteiger charge is -2.17. The van der Waals surface area contributed by atoms with E-state index >= 15 is 0 Å². The fourth-order valence-corrected chi connectivity index (χ4v) is 2.14. The minimum atomic E-state index is -4.92. The molecule has 7 nitrogen and oxygen atoms in total. The second-order valence-electron chi connectivity index (χ2n) is 4.71. The van der Waals surface area contributed by atoms with Crippen molar-refractivity contribution < 1.29 is 28.1 Å². The van der Waals surface area contributed by atoms with E-state index in [2.05, 4.69) is 0 Å². The Bertz CT molecular complexity index is 651. The molecule has 3 atom stereocenters. The number of alkyl halides is 3. The normalized spacial score (nSPS) is 26.3. The molecule has 1 aromatic heterocycles. The molecule has 0 radical (unpaired) electrons. The number of hydrogen-bond acceptors (Lipinski definition) is 5. The topological polar surface area (TPSA) is 93.7 Å². The van der Waals surface area contributed by atoms with Gasteiger partial charge in [-0.2, -0.15) is 13.2 Å². The molecule has 0 aromatic carbocycles. The van der Waals surface area contributed by atoms with E-state index in [9.17, 15) is 27.9 Å². The second kappa shape index (κ2) is 5.28. The zero-order chi connectivity index (χ0) is 15.9. The van der Waals surface area contributed by atoms with Crippen LogP contribution in [0.15, 0.2) is 15.8 Å². The van der Waals surface area contributed by atoms with Gasteiger partial charge in [-0.05, 0) is 0 Å². The van der Waals surface area contributed by atoms with Gasteiger partial charge in [-0.3, -0.25) is 13.9 Å². The van der Waals surface area contributed by atoms with Crippen LogP contribution >= 0.6 is 0 Å². The fraction of sp³-hybridized carbons (Fsp3) is 0.636. The number of aliphatic hydroxyl groups is 2. The van der Waals surface area contributed by atoms with E-state index in [-0.39, 0.29) is 6.42 Å². The average molecular weight is 310 g/mol. The van der Waals surface area contributed by atoms with E-state index in [1.807, 2.05) is 0 Å². The van der Waals surface area contributed by atoms with Crippen molar-refractivity contribution in [3.8, 4) is 0 Å². The second-order valence-corrected chi connectivity index (χ2v) is 4.71. The van der Waals surface area contributed by atoms with Crippen LogP contribution in [0.25, 0.3) is 0 Å². The summed E-state index contributed by atoms with van der Waals surface area (Å²) in [6.07, 6.45) is -8.00. The predicted molar refractivity (Wildman–Crippen MR) is 62.6 cm³/mol. The van der Waals surface area contributed by atoms with Crippen LogP contribution in [-0.4, -0.2) is 38.2 Å². The maximum Gasteiger partial charge on any atom is 0.423 e. The van der Waals surface area contributed by atoms with Gasteiger partial charge >= 0.3 is 11.9 Å². The van der Waals surface area contributed by atoms with E-state index in [4.69, 9.17) is 9.84 Å². The maximum absolute atomic E-state index is 12.8. The lowest BCUT2D eigenvalue weighted by atomic mass is 10.2. The summed E-state index contributed by atoms with van der Waals surface area (Å²) in [5, 5.41) is 18.5. The molecule has 2 heterocycles. The van der Waals surface area contributed by atoms with Gasteiger partial charge < -0.3 is 14.9 Å². The zero-order valence-corrected chi connectivity index (χ0v) is 10.9. The largest absolute Gasteiger partial charge is 0.423 e. The zero-order valence-electron chi connectivity index (χ0n) is 10.9. The van der Waals surface area contributed by atoms with Crippen molar-refractivity contribution in [3.63, 3.8) is 0 Å². The fourth-order valence-electron chi connectivity index (χ4n) is 2.14. The number of hydrogen-bond donors (Lipinski definition) is 2. The number of rotatable bonds is 2. The first kappa shape index (κ1) is 15.7. The Hall–Kier alpha value is -1.65. The van der Waals surface area contributed by atoms with Crippen molar-refractivity contribution in [3.05, 3.63) is 32.6 Å². The van der Waals surface area contributed by atoms with Crippen molar-refractivity contribution in [1.29, 1.82) is 0 Å². The van der Waals surface area contributed by atoms with Gasteiger partial charge in [0, 0.05) is 19.7 Å². The number of aliphatic hydroxyl groups excluding tert-OH is 2. The van der Waals surface area contributed by atoms with Gasteiger partial charge in [-0.25, -0.2) is 4.79 Å². The molecule has 1 aliphatic heterocycles. The van der Waals surface area contributed by atoms with E-state index in [1.165, 1.54) is 0 Å². The summed E-state index contributed by atoms with van der Waals surface area (Å²) in [6.45, 7) is -0.537.